The lowest BCUT2D eigenvalue weighted by Crippen LogP contribution is -2.34. The van der Waals surface area contributed by atoms with Crippen LogP contribution in [0.3, 0.4) is 0 Å². The van der Waals surface area contributed by atoms with Crippen molar-refractivity contribution in [2.24, 2.45) is 5.73 Å². The van der Waals surface area contributed by atoms with Crippen molar-refractivity contribution < 1.29 is 4.74 Å². The Balaban J connectivity index is 2.85. The summed E-state index contributed by atoms with van der Waals surface area (Å²) in [5.41, 5.74) is 6.98. The van der Waals surface area contributed by atoms with Crippen molar-refractivity contribution in [2.75, 3.05) is 26.8 Å². The summed E-state index contributed by atoms with van der Waals surface area (Å²) in [6.07, 6.45) is 0.705. The minimum Gasteiger partial charge on any atom is -0.393 e. The smallest absolute Gasteiger partial charge is 0.0746 e. The van der Waals surface area contributed by atoms with Crippen LogP contribution in [0.5, 0.6) is 0 Å². The maximum atomic E-state index is 5.73. The summed E-state index contributed by atoms with van der Waals surface area (Å²) in [5.74, 6) is 0. The van der Waals surface area contributed by atoms with Crippen molar-refractivity contribution in [2.45, 2.75) is 19.4 Å². The molecule has 1 atom stereocenters. The van der Waals surface area contributed by atoms with Gasteiger partial charge in [0.2, 0.25) is 0 Å². The topological polar surface area (TPSA) is 38.5 Å². The number of hydrogen-bond acceptors (Lipinski definition) is 3. The first-order chi connectivity index (χ1) is 8.69. The molecule has 1 rings (SSSR count). The number of hydrogen-bond donors (Lipinski definition) is 1. The zero-order valence-electron chi connectivity index (χ0n) is 11.1. The maximum Gasteiger partial charge on any atom is 0.0746 e. The third-order valence-corrected chi connectivity index (χ3v) is 3.18. The molecule has 1 aromatic carbocycles. The number of rotatable bonds is 8. The average Bonchev–Trinajstić information content (AvgIpc) is 2.39. The van der Waals surface area contributed by atoms with Crippen LogP contribution in [0.15, 0.2) is 30.3 Å². The molecule has 1 aromatic rings. The molecule has 0 bridgehead atoms. The molecule has 0 amide bonds. The third-order valence-electron chi connectivity index (χ3n) is 3.01. The molecule has 0 heterocycles. The molecule has 0 aromatic heterocycles. The molecule has 0 aliphatic carbocycles. The summed E-state index contributed by atoms with van der Waals surface area (Å²) < 4.78 is 5.16. The zero-order valence-corrected chi connectivity index (χ0v) is 12.0. The van der Waals surface area contributed by atoms with Crippen LogP contribution < -0.4 is 5.73 Å². The summed E-state index contributed by atoms with van der Waals surface area (Å²) in [6, 6.07) is 10.6. The van der Waals surface area contributed by atoms with Gasteiger partial charge in [-0.15, -0.1) is 0 Å². The van der Waals surface area contributed by atoms with Crippen molar-refractivity contribution in [1.29, 1.82) is 0 Å². The van der Waals surface area contributed by atoms with E-state index in [-0.39, 0.29) is 6.04 Å². The van der Waals surface area contributed by atoms with Gasteiger partial charge in [0.1, 0.15) is 0 Å². The molecular formula is C14H22N2OS. The Bertz CT molecular complexity index is 356. The molecule has 0 spiro atoms. The second-order valence-electron chi connectivity index (χ2n) is 4.22. The predicted octanol–water partition coefficient (Wildman–Crippen LogP) is 2.37. The molecule has 1 unspecified atom stereocenters. The number of likely N-dealkylation sites (N-methyl/N-ethyl adjacent to an activating group) is 1. The summed E-state index contributed by atoms with van der Waals surface area (Å²) in [7, 11) is 1.72. The first-order valence-corrected chi connectivity index (χ1v) is 6.66. The lowest BCUT2D eigenvalue weighted by molar-refractivity contribution is 0.125. The molecule has 0 aliphatic rings. The van der Waals surface area contributed by atoms with Crippen molar-refractivity contribution in [3.63, 3.8) is 0 Å². The van der Waals surface area contributed by atoms with Gasteiger partial charge in [-0.05, 0) is 12.1 Å². The highest BCUT2D eigenvalue weighted by molar-refractivity contribution is 7.80. The molecule has 0 radical (unpaired) electrons. The monoisotopic (exact) mass is 266 g/mol. The Hall–Kier alpha value is -0.970. The van der Waals surface area contributed by atoms with Crippen molar-refractivity contribution in [1.82, 2.24) is 4.90 Å². The van der Waals surface area contributed by atoms with Crippen molar-refractivity contribution in [3.05, 3.63) is 35.9 Å². The fraction of sp³-hybridized carbons (Fsp3) is 0.500. The van der Waals surface area contributed by atoms with Crippen molar-refractivity contribution in [3.8, 4) is 0 Å². The van der Waals surface area contributed by atoms with E-state index in [0.29, 0.717) is 18.0 Å². The number of ether oxygens (including phenoxy) is 1. The summed E-state index contributed by atoms with van der Waals surface area (Å²) in [4.78, 5) is 2.90. The Morgan fingerprint density at radius 2 is 2.06 bits per heavy atom. The van der Waals surface area contributed by atoms with Crippen LogP contribution in [0, 0.1) is 0 Å². The molecule has 4 heteroatoms. The van der Waals surface area contributed by atoms with Gasteiger partial charge in [-0.1, -0.05) is 49.5 Å². The Morgan fingerprint density at radius 3 is 2.56 bits per heavy atom. The molecule has 3 nitrogen and oxygen atoms in total. The van der Waals surface area contributed by atoms with Gasteiger partial charge in [-0.2, -0.15) is 0 Å². The van der Waals surface area contributed by atoms with Gasteiger partial charge in [0.15, 0.2) is 0 Å². The third kappa shape index (κ3) is 4.72. The highest BCUT2D eigenvalue weighted by Gasteiger charge is 2.19. The van der Waals surface area contributed by atoms with Gasteiger partial charge in [0.25, 0.3) is 0 Å². The SMILES string of the molecule is CCN(CCOC)C(CC(N)=S)c1ccccc1. The minimum atomic E-state index is 0.240. The van der Waals surface area contributed by atoms with Crippen LogP contribution in [0.1, 0.15) is 24.9 Å². The van der Waals surface area contributed by atoms with Crippen LogP contribution in [0.2, 0.25) is 0 Å². The van der Waals surface area contributed by atoms with E-state index in [0.717, 1.165) is 13.1 Å². The maximum absolute atomic E-state index is 5.73. The fourth-order valence-electron chi connectivity index (χ4n) is 2.07. The number of methoxy groups -OCH3 is 1. The van der Waals surface area contributed by atoms with Crippen molar-refractivity contribution >= 4 is 17.2 Å². The van der Waals surface area contributed by atoms with Gasteiger partial charge in [-0.25, -0.2) is 0 Å². The molecule has 0 saturated heterocycles. The molecule has 0 aliphatic heterocycles. The van der Waals surface area contributed by atoms with E-state index < -0.39 is 0 Å². The number of nitrogens with two attached hydrogens (primary N) is 1. The van der Waals surface area contributed by atoms with E-state index in [1.807, 2.05) is 18.2 Å². The van der Waals surface area contributed by atoms with Crippen LogP contribution in [0.25, 0.3) is 0 Å². The number of thiocarbonyl (C=S) groups is 1. The Kier molecular flexibility index (Phi) is 6.86. The van der Waals surface area contributed by atoms with E-state index in [9.17, 15) is 0 Å². The first-order valence-electron chi connectivity index (χ1n) is 6.25. The number of benzene rings is 1. The highest BCUT2D eigenvalue weighted by atomic mass is 32.1. The summed E-state index contributed by atoms with van der Waals surface area (Å²) in [5, 5.41) is 0. The predicted molar refractivity (Wildman–Crippen MR) is 79.7 cm³/mol. The summed E-state index contributed by atoms with van der Waals surface area (Å²) >= 11 is 5.07. The van der Waals surface area contributed by atoms with Crippen LogP contribution in [-0.4, -0.2) is 36.7 Å². The minimum absolute atomic E-state index is 0.240. The normalized spacial score (nSPS) is 12.6. The van der Waals surface area contributed by atoms with Gasteiger partial charge in [0, 0.05) is 26.1 Å². The molecule has 0 saturated carbocycles. The molecule has 0 fully saturated rings. The van der Waals surface area contributed by atoms with E-state index in [4.69, 9.17) is 22.7 Å². The largest absolute Gasteiger partial charge is 0.393 e. The van der Waals surface area contributed by atoms with Crippen LogP contribution >= 0.6 is 12.2 Å². The molecule has 18 heavy (non-hydrogen) atoms. The second-order valence-corrected chi connectivity index (χ2v) is 4.74. The highest BCUT2D eigenvalue weighted by Crippen LogP contribution is 2.23. The fourth-order valence-corrected chi connectivity index (χ4v) is 2.22. The van der Waals surface area contributed by atoms with Gasteiger partial charge in [-0.3, -0.25) is 4.90 Å². The standard InChI is InChI=1S/C14H22N2OS/c1-3-16(9-10-17-2)13(11-14(15)18)12-7-5-4-6-8-12/h4-8,13H,3,9-11H2,1-2H3,(H2,15,18). The molecule has 2 N–H and O–H groups in total. The lowest BCUT2D eigenvalue weighted by atomic mass is 10.0. The molecule has 100 valence electrons. The van der Waals surface area contributed by atoms with E-state index in [2.05, 4.69) is 24.0 Å². The van der Waals surface area contributed by atoms with Crippen LogP contribution in [-0.2, 0) is 4.74 Å². The quantitative estimate of drug-likeness (QED) is 0.733. The Labute approximate surface area is 115 Å². The van der Waals surface area contributed by atoms with Gasteiger partial charge < -0.3 is 10.5 Å². The van der Waals surface area contributed by atoms with Gasteiger partial charge in [0.05, 0.1) is 11.6 Å². The average molecular weight is 266 g/mol. The lowest BCUT2D eigenvalue weighted by Gasteiger charge is -2.30. The number of nitrogens with zero attached hydrogens (tertiary/aromatic N) is 1. The zero-order chi connectivity index (χ0) is 13.4. The van der Waals surface area contributed by atoms with Crippen LogP contribution in [0.4, 0.5) is 0 Å². The second kappa shape index (κ2) is 8.19. The van der Waals surface area contributed by atoms with Gasteiger partial charge >= 0.3 is 0 Å². The van der Waals surface area contributed by atoms with E-state index in [1.54, 1.807) is 7.11 Å². The Morgan fingerprint density at radius 1 is 1.39 bits per heavy atom. The molecular weight excluding hydrogens is 244 g/mol. The summed E-state index contributed by atoms with van der Waals surface area (Å²) in [6.45, 7) is 4.69. The van der Waals surface area contributed by atoms with E-state index in [1.165, 1.54) is 5.56 Å². The van der Waals surface area contributed by atoms with E-state index >= 15 is 0 Å². The first kappa shape index (κ1) is 15.1.